The van der Waals surface area contributed by atoms with Crippen molar-refractivity contribution < 1.29 is 77.1 Å². The molecular weight excluding hydrogens is 550 g/mol. The molecule has 11 N–H and O–H groups in total. The zero-order chi connectivity index (χ0) is 27.9. The van der Waals surface area contributed by atoms with Crippen LogP contribution in [0, 0.1) is 5.82 Å². The fraction of sp³-hybridized carbons (Fsp3) is 0.357. The molecule has 1 fully saturated rings. The first kappa shape index (κ1) is 33.6. The number of hydrogen-bond donors (Lipinski definition) is 11. The Bertz CT molecular complexity index is 1100. The van der Waals surface area contributed by atoms with Gasteiger partial charge in [0.05, 0.1) is 11.5 Å². The van der Waals surface area contributed by atoms with Crippen LogP contribution >= 0.6 is 23.5 Å². The van der Waals surface area contributed by atoms with Crippen molar-refractivity contribution in [1.82, 2.24) is 4.57 Å². The average molecular weight is 573 g/mol. The summed E-state index contributed by atoms with van der Waals surface area (Å²) in [5.41, 5.74) is -0.465. The highest BCUT2D eigenvalue weighted by Crippen LogP contribution is 2.29. The molecule has 202 valence electrons. The number of aliphatic hydroxyl groups excluding tert-OH is 2. The van der Waals surface area contributed by atoms with Crippen LogP contribution in [0.15, 0.2) is 35.3 Å². The molecule has 3 rings (SSSR count). The largest absolute Gasteiger partial charge is 0.466 e. The van der Waals surface area contributed by atoms with Gasteiger partial charge < -0.3 is 59.0 Å². The Hall–Kier alpha value is -1.43. The number of pyridine rings is 1. The molecule has 1 aliphatic rings. The van der Waals surface area contributed by atoms with Crippen molar-refractivity contribution >= 4 is 34.2 Å². The summed E-state index contributed by atoms with van der Waals surface area (Å²) >= 11 is 0. The molecule has 0 aliphatic carbocycles. The number of aliphatic hydroxyl groups is 2. The molecule has 0 radical (unpaired) electrons. The molecular formula is C14H23FNO16P3. The molecule has 1 aliphatic heterocycles. The van der Waals surface area contributed by atoms with E-state index < -0.39 is 59.4 Å². The molecule has 1 saturated heterocycles. The van der Waals surface area contributed by atoms with Gasteiger partial charge in [0.25, 0.3) is 5.56 Å². The number of nitrogens with zero attached hydrogens (tertiary/aromatic N) is 1. The third kappa shape index (κ3) is 15.3. The van der Waals surface area contributed by atoms with E-state index in [2.05, 4.69) is 0 Å². The van der Waals surface area contributed by atoms with E-state index >= 15 is 0 Å². The van der Waals surface area contributed by atoms with Crippen molar-refractivity contribution in [3.8, 4) is 0 Å². The van der Waals surface area contributed by atoms with Gasteiger partial charge in [0.1, 0.15) is 18.0 Å². The summed E-state index contributed by atoms with van der Waals surface area (Å²) in [4.78, 5) is 77.0. The van der Waals surface area contributed by atoms with E-state index in [1.54, 1.807) is 13.0 Å². The lowest BCUT2D eigenvalue weighted by molar-refractivity contribution is -0.0339. The molecule has 0 bridgehead atoms. The van der Waals surface area contributed by atoms with E-state index in [0.29, 0.717) is 5.39 Å². The van der Waals surface area contributed by atoms with Gasteiger partial charge in [-0.05, 0) is 30.5 Å². The topological polar surface area (TPSA) is 305 Å². The minimum absolute atomic E-state index is 0.206. The summed E-state index contributed by atoms with van der Waals surface area (Å²) in [7, 11) is -13.9. The summed E-state index contributed by atoms with van der Waals surface area (Å²) in [5, 5.41) is 20.4. The van der Waals surface area contributed by atoms with Crippen LogP contribution in [-0.4, -0.2) is 77.1 Å². The van der Waals surface area contributed by atoms with Crippen molar-refractivity contribution in [2.75, 3.05) is 0 Å². The van der Waals surface area contributed by atoms with Crippen LogP contribution < -0.4 is 5.56 Å². The SMILES string of the molecule is CC1OC(n2ccc3ccc(F)cc3c2=O)C(O)C1O.O=P(O)(O)O.O=P(O)(O)O.O=P(O)(O)O. The molecule has 0 spiro atoms. The fourth-order valence-corrected chi connectivity index (χ4v) is 2.48. The first-order chi connectivity index (χ1) is 15.5. The maximum atomic E-state index is 13.3. The third-order valence-corrected chi connectivity index (χ3v) is 3.65. The van der Waals surface area contributed by atoms with Crippen molar-refractivity contribution in [3.05, 3.63) is 46.6 Å². The first-order valence-corrected chi connectivity index (χ1v) is 13.4. The summed E-state index contributed by atoms with van der Waals surface area (Å²) in [6.45, 7) is 1.61. The van der Waals surface area contributed by atoms with Crippen LogP contribution in [0.3, 0.4) is 0 Å². The van der Waals surface area contributed by atoms with Crippen LogP contribution in [0.5, 0.6) is 0 Å². The summed E-state index contributed by atoms with van der Waals surface area (Å²) in [5.74, 6) is -0.506. The Morgan fingerprint density at radius 3 is 1.63 bits per heavy atom. The van der Waals surface area contributed by atoms with Gasteiger partial charge in [-0.1, -0.05) is 6.07 Å². The van der Waals surface area contributed by atoms with Gasteiger partial charge in [0.15, 0.2) is 6.23 Å². The molecule has 2 aromatic rings. The molecule has 2 heterocycles. The smallest absolute Gasteiger partial charge is 0.388 e. The van der Waals surface area contributed by atoms with Gasteiger partial charge in [-0.2, -0.15) is 0 Å². The molecule has 0 amide bonds. The van der Waals surface area contributed by atoms with Crippen molar-refractivity contribution in [2.45, 2.75) is 31.5 Å². The maximum Gasteiger partial charge on any atom is 0.466 e. The minimum atomic E-state index is -4.64. The number of benzene rings is 1. The predicted octanol–water partition coefficient (Wildman–Crippen LogP) is -2.01. The van der Waals surface area contributed by atoms with Crippen LogP contribution in [0.25, 0.3) is 10.8 Å². The molecule has 17 nitrogen and oxygen atoms in total. The Balaban J connectivity index is 0.000000635. The highest BCUT2D eigenvalue weighted by Gasteiger charge is 2.41. The fourth-order valence-electron chi connectivity index (χ4n) is 2.48. The van der Waals surface area contributed by atoms with E-state index in [9.17, 15) is 19.4 Å². The van der Waals surface area contributed by atoms with Crippen LogP contribution in [0.2, 0.25) is 0 Å². The number of rotatable bonds is 1. The number of halogens is 1. The molecule has 0 saturated carbocycles. The highest BCUT2D eigenvalue weighted by atomic mass is 31.2. The van der Waals surface area contributed by atoms with Crippen molar-refractivity contribution in [2.24, 2.45) is 0 Å². The zero-order valence-electron chi connectivity index (χ0n) is 17.3. The summed E-state index contributed by atoms with van der Waals surface area (Å²) < 4.78 is 46.5. The Labute approximate surface area is 194 Å². The minimum Gasteiger partial charge on any atom is -0.388 e. The summed E-state index contributed by atoms with van der Waals surface area (Å²) in [6.07, 6.45) is -2.34. The molecule has 1 aromatic carbocycles. The lowest BCUT2D eigenvalue weighted by atomic mass is 10.1. The lowest BCUT2D eigenvalue weighted by Crippen LogP contribution is -2.34. The van der Waals surface area contributed by atoms with Gasteiger partial charge in [-0.15, -0.1) is 0 Å². The van der Waals surface area contributed by atoms with Crippen molar-refractivity contribution in [3.63, 3.8) is 0 Å². The number of ether oxygens (including phenoxy) is 1. The number of hydrogen-bond acceptors (Lipinski definition) is 7. The average Bonchev–Trinajstić information content (AvgIpc) is 2.86. The van der Waals surface area contributed by atoms with Crippen LogP contribution in [0.4, 0.5) is 4.39 Å². The number of fused-ring (bicyclic) bond motifs is 1. The molecule has 4 atom stereocenters. The first-order valence-electron chi connectivity index (χ1n) is 8.66. The van der Waals surface area contributed by atoms with Gasteiger partial charge in [-0.3, -0.25) is 9.36 Å². The predicted molar refractivity (Wildman–Crippen MR) is 113 cm³/mol. The highest BCUT2D eigenvalue weighted by molar-refractivity contribution is 7.45. The van der Waals surface area contributed by atoms with E-state index in [0.717, 1.165) is 6.07 Å². The van der Waals surface area contributed by atoms with Gasteiger partial charge in [-0.25, -0.2) is 18.1 Å². The van der Waals surface area contributed by atoms with Crippen LogP contribution in [-0.2, 0) is 18.4 Å². The van der Waals surface area contributed by atoms with Crippen molar-refractivity contribution in [1.29, 1.82) is 0 Å². The Morgan fingerprint density at radius 1 is 0.829 bits per heavy atom. The van der Waals surface area contributed by atoms with Gasteiger partial charge in [0, 0.05) is 6.20 Å². The monoisotopic (exact) mass is 573 g/mol. The second-order valence-electron chi connectivity index (χ2n) is 6.51. The second kappa shape index (κ2) is 13.2. The van der Waals surface area contributed by atoms with Gasteiger partial charge in [0.2, 0.25) is 0 Å². The van der Waals surface area contributed by atoms with E-state index in [4.69, 9.17) is 62.5 Å². The Morgan fingerprint density at radius 2 is 1.26 bits per heavy atom. The van der Waals surface area contributed by atoms with Crippen LogP contribution in [0.1, 0.15) is 13.2 Å². The maximum absolute atomic E-state index is 13.3. The standard InChI is InChI=1S/C14H14FNO4.3H3O4P/c1-7-11(17)12(18)14(20-7)16-5-4-8-2-3-9(15)6-10(8)13(16)19;3*1-5(2,3)4/h2-7,11-12,14,17-18H,1H3;3*(H3,1,2,3,4). The third-order valence-electron chi connectivity index (χ3n) is 3.65. The number of aromatic nitrogens is 1. The zero-order valence-corrected chi connectivity index (χ0v) is 20.0. The molecule has 35 heavy (non-hydrogen) atoms. The Kier molecular flexibility index (Phi) is 12.7. The lowest BCUT2D eigenvalue weighted by Gasteiger charge is -2.18. The van der Waals surface area contributed by atoms with E-state index in [1.807, 2.05) is 0 Å². The molecule has 1 aromatic heterocycles. The number of phosphoric acid groups is 3. The van der Waals surface area contributed by atoms with Gasteiger partial charge >= 0.3 is 23.5 Å². The summed E-state index contributed by atoms with van der Waals surface area (Å²) in [6, 6.07) is 5.58. The normalized spacial score (nSPS) is 22.2. The van der Waals surface area contributed by atoms with E-state index in [1.165, 1.54) is 22.9 Å². The quantitative estimate of drug-likeness (QED) is 0.164. The molecule has 4 unspecified atom stereocenters. The molecule has 21 heteroatoms. The second-order valence-corrected chi connectivity index (χ2v) is 9.59. The van der Waals surface area contributed by atoms with E-state index in [-0.39, 0.29) is 5.39 Å².